The third-order valence-electron chi connectivity index (χ3n) is 5.35. The molecule has 0 saturated carbocycles. The number of allylic oxidation sites excluding steroid dienone is 2. The summed E-state index contributed by atoms with van der Waals surface area (Å²) in [6, 6.07) is 9.56. The van der Waals surface area contributed by atoms with Crippen molar-refractivity contribution in [3.05, 3.63) is 104 Å². The second-order valence-electron chi connectivity index (χ2n) is 8.11. The van der Waals surface area contributed by atoms with Crippen LogP contribution in [-0.4, -0.2) is 38.7 Å². The standard InChI is InChI=1S/C26H27ClFN5O5/c1-4-20(38-22-21(28)8-6-13-29-22)7-5-14-30-24-31-25(35)33(15-17(2)23(34)37-3)26(36)32(24)16-18-9-11-19(27)12-10-18/h4-13,17H,14-16H2,1-3H3,(H,30,31,35)/b7-5-,20-4+/t17-/m0/s1. The highest BCUT2D eigenvalue weighted by Gasteiger charge is 2.19. The molecule has 0 aliphatic carbocycles. The number of halogens is 2. The SMILES string of the molecule is C/C=C(\C=C/CNc1nc(=O)n(C[C@H](C)C(=O)OC)c(=O)n1Cc1ccc(Cl)cc1)Oc1ncccc1F. The van der Waals surface area contributed by atoms with Gasteiger partial charge in [-0.2, -0.15) is 4.98 Å². The van der Waals surface area contributed by atoms with Crippen LogP contribution in [0.25, 0.3) is 0 Å². The van der Waals surface area contributed by atoms with E-state index in [0.29, 0.717) is 10.8 Å². The second kappa shape index (κ2) is 13.3. The zero-order valence-electron chi connectivity index (χ0n) is 21.1. The van der Waals surface area contributed by atoms with Crippen molar-refractivity contribution in [3.63, 3.8) is 0 Å². The van der Waals surface area contributed by atoms with Gasteiger partial charge in [-0.1, -0.05) is 36.7 Å². The second-order valence-corrected chi connectivity index (χ2v) is 8.55. The van der Waals surface area contributed by atoms with Crippen LogP contribution in [0.3, 0.4) is 0 Å². The predicted octanol–water partition coefficient (Wildman–Crippen LogP) is 3.40. The van der Waals surface area contributed by atoms with Crippen LogP contribution in [0.15, 0.2) is 76.2 Å². The maximum Gasteiger partial charge on any atom is 0.354 e. The molecule has 2 aromatic heterocycles. The normalized spacial score (nSPS) is 12.4. The number of carbonyl (C=O) groups is 1. The van der Waals surface area contributed by atoms with E-state index in [0.717, 1.165) is 10.1 Å². The zero-order chi connectivity index (χ0) is 27.7. The lowest BCUT2D eigenvalue weighted by Crippen LogP contribution is -2.44. The Morgan fingerprint density at radius 2 is 1.95 bits per heavy atom. The molecule has 1 N–H and O–H groups in total. The number of benzene rings is 1. The first-order chi connectivity index (χ1) is 18.2. The fourth-order valence-electron chi connectivity index (χ4n) is 3.36. The lowest BCUT2D eigenvalue weighted by molar-refractivity contribution is -0.145. The van der Waals surface area contributed by atoms with Crippen LogP contribution in [0.2, 0.25) is 5.02 Å². The first kappa shape index (κ1) is 28.3. The topological polar surface area (TPSA) is 117 Å². The molecule has 2 heterocycles. The van der Waals surface area contributed by atoms with E-state index in [1.54, 1.807) is 56.3 Å². The molecule has 0 bridgehead atoms. The molecule has 1 atom stereocenters. The van der Waals surface area contributed by atoms with Gasteiger partial charge in [0.25, 0.3) is 5.88 Å². The molecule has 0 radical (unpaired) electrons. The molecule has 12 heteroatoms. The summed E-state index contributed by atoms with van der Waals surface area (Å²) in [6.07, 6.45) is 6.28. The van der Waals surface area contributed by atoms with Crippen molar-refractivity contribution in [1.29, 1.82) is 0 Å². The molecule has 10 nitrogen and oxygen atoms in total. The van der Waals surface area contributed by atoms with E-state index in [-0.39, 0.29) is 31.5 Å². The van der Waals surface area contributed by atoms with E-state index in [1.807, 2.05) is 0 Å². The Kier molecular flexibility index (Phi) is 9.94. The maximum absolute atomic E-state index is 13.8. The highest BCUT2D eigenvalue weighted by atomic mass is 35.5. The third kappa shape index (κ3) is 7.39. The Morgan fingerprint density at radius 1 is 1.21 bits per heavy atom. The Balaban J connectivity index is 1.85. The Labute approximate surface area is 223 Å². The molecule has 0 aliphatic heterocycles. The minimum atomic E-state index is -0.812. The summed E-state index contributed by atoms with van der Waals surface area (Å²) in [6.45, 7) is 3.32. The summed E-state index contributed by atoms with van der Waals surface area (Å²) in [4.78, 5) is 45.8. The highest BCUT2D eigenvalue weighted by molar-refractivity contribution is 6.30. The smallest absolute Gasteiger partial charge is 0.354 e. The van der Waals surface area contributed by atoms with Gasteiger partial charge in [-0.15, -0.1) is 0 Å². The van der Waals surface area contributed by atoms with Gasteiger partial charge >= 0.3 is 17.3 Å². The largest absolute Gasteiger partial charge is 0.469 e. The van der Waals surface area contributed by atoms with Crippen LogP contribution in [0.4, 0.5) is 10.3 Å². The number of hydrogen-bond donors (Lipinski definition) is 1. The molecule has 0 fully saturated rings. The molecule has 0 spiro atoms. The van der Waals surface area contributed by atoms with Crippen molar-refractivity contribution in [2.24, 2.45) is 5.92 Å². The molecule has 0 aliphatic rings. The average Bonchev–Trinajstić information content (AvgIpc) is 2.91. The minimum Gasteiger partial charge on any atom is -0.469 e. The van der Waals surface area contributed by atoms with E-state index >= 15 is 0 Å². The predicted molar refractivity (Wildman–Crippen MR) is 141 cm³/mol. The fraction of sp³-hybridized carbons (Fsp3) is 0.269. The molecule has 1 aromatic carbocycles. The number of aromatic nitrogens is 4. The lowest BCUT2D eigenvalue weighted by Gasteiger charge is -2.16. The molecule has 0 saturated heterocycles. The molecule has 0 unspecified atom stereocenters. The van der Waals surface area contributed by atoms with E-state index in [2.05, 4.69) is 15.3 Å². The van der Waals surface area contributed by atoms with E-state index in [1.165, 1.54) is 30.0 Å². The number of nitrogens with one attached hydrogen (secondary N) is 1. The molecule has 3 rings (SSSR count). The van der Waals surface area contributed by atoms with E-state index < -0.39 is 29.1 Å². The van der Waals surface area contributed by atoms with Crippen molar-refractivity contribution in [1.82, 2.24) is 19.1 Å². The molecule has 200 valence electrons. The van der Waals surface area contributed by atoms with Gasteiger partial charge in [-0.05, 0) is 48.9 Å². The van der Waals surface area contributed by atoms with Gasteiger partial charge in [0.1, 0.15) is 5.76 Å². The molecule has 0 amide bonds. The van der Waals surface area contributed by atoms with Crippen LogP contribution in [0.1, 0.15) is 19.4 Å². The Morgan fingerprint density at radius 3 is 2.61 bits per heavy atom. The summed E-state index contributed by atoms with van der Waals surface area (Å²) in [7, 11) is 1.23. The molecular weight excluding hydrogens is 517 g/mol. The third-order valence-corrected chi connectivity index (χ3v) is 5.60. The summed E-state index contributed by atoms with van der Waals surface area (Å²) in [5, 5.41) is 3.49. The monoisotopic (exact) mass is 543 g/mol. The first-order valence-electron chi connectivity index (χ1n) is 11.6. The van der Waals surface area contributed by atoms with Gasteiger partial charge in [0.05, 0.1) is 19.6 Å². The number of carbonyl (C=O) groups excluding carboxylic acids is 1. The summed E-state index contributed by atoms with van der Waals surface area (Å²) < 4.78 is 26.2. The lowest BCUT2D eigenvalue weighted by atomic mass is 10.2. The highest BCUT2D eigenvalue weighted by Crippen LogP contribution is 2.15. The van der Waals surface area contributed by atoms with Gasteiger partial charge in [0.15, 0.2) is 5.82 Å². The van der Waals surface area contributed by atoms with Crippen LogP contribution >= 0.6 is 11.6 Å². The Bertz CT molecular complexity index is 1450. The fourth-order valence-corrected chi connectivity index (χ4v) is 3.48. The molecular formula is C26H27ClFN5O5. The van der Waals surface area contributed by atoms with Crippen molar-refractivity contribution < 1.29 is 18.7 Å². The van der Waals surface area contributed by atoms with Gasteiger partial charge < -0.3 is 14.8 Å². The zero-order valence-corrected chi connectivity index (χ0v) is 21.8. The molecule has 3 aromatic rings. The van der Waals surface area contributed by atoms with Crippen molar-refractivity contribution in [3.8, 4) is 5.88 Å². The Hall–Kier alpha value is -4.25. The number of nitrogens with zero attached hydrogens (tertiary/aromatic N) is 4. The number of ether oxygens (including phenoxy) is 2. The quantitative estimate of drug-likeness (QED) is 0.222. The number of anilines is 1. The van der Waals surface area contributed by atoms with Crippen LogP contribution < -0.4 is 21.4 Å². The molecule has 38 heavy (non-hydrogen) atoms. The number of methoxy groups -OCH3 is 1. The first-order valence-corrected chi connectivity index (χ1v) is 12.0. The number of hydrogen-bond acceptors (Lipinski definition) is 8. The summed E-state index contributed by atoms with van der Waals surface area (Å²) in [5.74, 6) is -1.69. The number of esters is 1. The maximum atomic E-state index is 13.8. The number of pyridine rings is 1. The van der Waals surface area contributed by atoms with E-state index in [9.17, 15) is 18.8 Å². The van der Waals surface area contributed by atoms with E-state index in [4.69, 9.17) is 21.1 Å². The van der Waals surface area contributed by atoms with Gasteiger partial charge in [0.2, 0.25) is 5.95 Å². The average molecular weight is 544 g/mol. The summed E-state index contributed by atoms with van der Waals surface area (Å²) >= 11 is 5.98. The van der Waals surface area contributed by atoms with Crippen LogP contribution in [0.5, 0.6) is 5.88 Å². The van der Waals surface area contributed by atoms with Crippen LogP contribution in [-0.2, 0) is 22.6 Å². The van der Waals surface area contributed by atoms with Gasteiger partial charge in [0, 0.05) is 24.3 Å². The number of rotatable bonds is 11. The van der Waals surface area contributed by atoms with Crippen LogP contribution in [0, 0.1) is 11.7 Å². The van der Waals surface area contributed by atoms with Crippen molar-refractivity contribution in [2.45, 2.75) is 26.9 Å². The summed E-state index contributed by atoms with van der Waals surface area (Å²) in [5.41, 5.74) is -0.719. The minimum absolute atomic E-state index is 0.0280. The van der Waals surface area contributed by atoms with Gasteiger partial charge in [-0.25, -0.2) is 23.5 Å². The van der Waals surface area contributed by atoms with Crippen molar-refractivity contribution in [2.75, 3.05) is 19.0 Å². The van der Waals surface area contributed by atoms with Crippen molar-refractivity contribution >= 4 is 23.5 Å². The van der Waals surface area contributed by atoms with Gasteiger partial charge in [-0.3, -0.25) is 9.36 Å².